The van der Waals surface area contributed by atoms with Gasteiger partial charge in [-0.2, -0.15) is 5.10 Å². The van der Waals surface area contributed by atoms with Crippen molar-refractivity contribution in [1.82, 2.24) is 9.78 Å². The second-order valence-electron chi connectivity index (χ2n) is 6.95. The van der Waals surface area contributed by atoms with Gasteiger partial charge in [0.05, 0.1) is 33.2 Å². The summed E-state index contributed by atoms with van der Waals surface area (Å²) >= 11 is 0. The number of ether oxygens (including phenoxy) is 3. The summed E-state index contributed by atoms with van der Waals surface area (Å²) in [6, 6.07) is 11.6. The maximum atomic E-state index is 12.6. The number of aryl methyl sites for hydroxylation is 1. The Labute approximate surface area is 169 Å². The van der Waals surface area contributed by atoms with Crippen LogP contribution in [-0.4, -0.2) is 37.0 Å². The molecule has 1 aromatic heterocycles. The fourth-order valence-electron chi connectivity index (χ4n) is 3.70. The molecule has 0 unspecified atom stereocenters. The van der Waals surface area contributed by atoms with Gasteiger partial charge >= 0.3 is 0 Å². The van der Waals surface area contributed by atoms with Gasteiger partial charge in [-0.3, -0.25) is 4.79 Å². The predicted octanol–water partition coefficient (Wildman–Crippen LogP) is 3.68. The zero-order valence-electron chi connectivity index (χ0n) is 16.9. The molecule has 1 amide bonds. The van der Waals surface area contributed by atoms with Gasteiger partial charge in [-0.1, -0.05) is 17.7 Å². The van der Waals surface area contributed by atoms with Crippen LogP contribution in [0.15, 0.2) is 42.6 Å². The molecule has 0 saturated heterocycles. The summed E-state index contributed by atoms with van der Waals surface area (Å²) in [5.74, 6) is 2.18. The molecule has 2 aromatic carbocycles. The average Bonchev–Trinajstić information content (AvgIpc) is 3.16. The number of nitrogens with zero attached hydrogens (tertiary/aromatic N) is 2. The maximum Gasteiger partial charge on any atom is 0.226 e. The third kappa shape index (κ3) is 3.29. The normalized spacial score (nSPS) is 15.4. The molecule has 0 bridgehead atoms. The zero-order valence-corrected chi connectivity index (χ0v) is 16.9. The first kappa shape index (κ1) is 18.9. The highest BCUT2D eigenvalue weighted by molar-refractivity contribution is 5.95. The molecule has 29 heavy (non-hydrogen) atoms. The number of benzene rings is 2. The fourth-order valence-corrected chi connectivity index (χ4v) is 3.70. The van der Waals surface area contributed by atoms with Crippen LogP contribution in [0.25, 0.3) is 5.69 Å². The van der Waals surface area contributed by atoms with Gasteiger partial charge in [0.1, 0.15) is 11.6 Å². The highest BCUT2D eigenvalue weighted by Gasteiger charge is 2.33. The van der Waals surface area contributed by atoms with E-state index in [-0.39, 0.29) is 11.8 Å². The Balaban J connectivity index is 1.84. The SMILES string of the molecule is COc1cc(OC)c([C@H]2CC(=O)Nc3c2cnn3-c2ccc(C)cc2)cc1OC. The van der Waals surface area contributed by atoms with Crippen molar-refractivity contribution in [2.24, 2.45) is 0 Å². The minimum Gasteiger partial charge on any atom is -0.496 e. The van der Waals surface area contributed by atoms with Crippen LogP contribution in [0.1, 0.15) is 29.0 Å². The van der Waals surface area contributed by atoms with Crippen LogP contribution in [0, 0.1) is 6.92 Å². The largest absolute Gasteiger partial charge is 0.496 e. The van der Waals surface area contributed by atoms with E-state index >= 15 is 0 Å². The molecule has 7 heteroatoms. The van der Waals surface area contributed by atoms with Crippen molar-refractivity contribution in [2.45, 2.75) is 19.3 Å². The van der Waals surface area contributed by atoms with Gasteiger partial charge in [0.15, 0.2) is 11.5 Å². The highest BCUT2D eigenvalue weighted by atomic mass is 16.5. The minimum atomic E-state index is -0.215. The zero-order chi connectivity index (χ0) is 20.5. The van der Waals surface area contributed by atoms with E-state index in [9.17, 15) is 4.79 Å². The Kier molecular flexibility index (Phi) is 4.88. The monoisotopic (exact) mass is 393 g/mol. The lowest BCUT2D eigenvalue weighted by atomic mass is 9.86. The first-order chi connectivity index (χ1) is 14.0. The molecule has 0 fully saturated rings. The summed E-state index contributed by atoms with van der Waals surface area (Å²) in [6.07, 6.45) is 2.09. The molecule has 2 heterocycles. The number of amides is 1. The van der Waals surface area contributed by atoms with Gasteiger partial charge in [0, 0.05) is 29.5 Å². The number of anilines is 1. The summed E-state index contributed by atoms with van der Waals surface area (Å²) in [7, 11) is 4.77. The number of rotatable bonds is 5. The van der Waals surface area contributed by atoms with Gasteiger partial charge in [0.25, 0.3) is 0 Å². The maximum absolute atomic E-state index is 12.6. The van der Waals surface area contributed by atoms with Crippen LogP contribution >= 0.6 is 0 Å². The first-order valence-electron chi connectivity index (χ1n) is 9.30. The summed E-state index contributed by atoms with van der Waals surface area (Å²) in [5, 5.41) is 7.52. The number of aromatic nitrogens is 2. The second-order valence-corrected chi connectivity index (χ2v) is 6.95. The summed E-state index contributed by atoms with van der Waals surface area (Å²) in [5.41, 5.74) is 3.82. The molecular formula is C22H23N3O4. The summed E-state index contributed by atoms with van der Waals surface area (Å²) < 4.78 is 18.2. The molecule has 4 rings (SSSR count). The number of hydrogen-bond acceptors (Lipinski definition) is 5. The van der Waals surface area contributed by atoms with Crippen LogP contribution in [-0.2, 0) is 4.79 Å². The number of fused-ring (bicyclic) bond motifs is 1. The van der Waals surface area contributed by atoms with Gasteiger partial charge in [-0.05, 0) is 25.1 Å². The lowest BCUT2D eigenvalue weighted by molar-refractivity contribution is -0.116. The minimum absolute atomic E-state index is 0.0757. The lowest BCUT2D eigenvalue weighted by Gasteiger charge is -2.26. The number of methoxy groups -OCH3 is 3. The molecule has 3 aromatic rings. The van der Waals surface area contributed by atoms with E-state index in [1.54, 1.807) is 38.3 Å². The number of nitrogens with one attached hydrogen (secondary N) is 1. The molecule has 7 nitrogen and oxygen atoms in total. The van der Waals surface area contributed by atoms with Gasteiger partial charge in [-0.15, -0.1) is 0 Å². The van der Waals surface area contributed by atoms with Crippen molar-refractivity contribution in [3.8, 4) is 22.9 Å². The van der Waals surface area contributed by atoms with Crippen LogP contribution in [0.4, 0.5) is 5.82 Å². The summed E-state index contributed by atoms with van der Waals surface area (Å²) in [6.45, 7) is 2.03. The number of hydrogen-bond donors (Lipinski definition) is 1. The Morgan fingerprint density at radius 1 is 0.966 bits per heavy atom. The van der Waals surface area contributed by atoms with E-state index in [0.29, 0.717) is 29.5 Å². The van der Waals surface area contributed by atoms with E-state index in [1.165, 1.54) is 0 Å². The van der Waals surface area contributed by atoms with E-state index < -0.39 is 0 Å². The highest BCUT2D eigenvalue weighted by Crippen LogP contribution is 2.45. The van der Waals surface area contributed by atoms with E-state index in [1.807, 2.05) is 37.3 Å². The number of carbonyl (C=O) groups excluding carboxylic acids is 1. The molecule has 0 aliphatic carbocycles. The van der Waals surface area contributed by atoms with Crippen LogP contribution < -0.4 is 19.5 Å². The van der Waals surface area contributed by atoms with Crippen molar-refractivity contribution < 1.29 is 19.0 Å². The van der Waals surface area contributed by atoms with E-state index in [2.05, 4.69) is 10.4 Å². The van der Waals surface area contributed by atoms with Crippen LogP contribution in [0.5, 0.6) is 17.2 Å². The Morgan fingerprint density at radius 3 is 2.28 bits per heavy atom. The Bertz CT molecular complexity index is 1060. The van der Waals surface area contributed by atoms with Crippen LogP contribution in [0.2, 0.25) is 0 Å². The quantitative estimate of drug-likeness (QED) is 0.716. The molecule has 1 atom stereocenters. The standard InChI is InChI=1S/C22H23N3O4/c1-13-5-7-14(8-6-13)25-22-17(12-23-25)15(10-21(26)24-22)16-9-19(28-3)20(29-4)11-18(16)27-2/h5-9,11-12,15H,10H2,1-4H3,(H,24,26)/t15-/m1/s1. The first-order valence-corrected chi connectivity index (χ1v) is 9.30. The molecule has 150 valence electrons. The lowest BCUT2D eigenvalue weighted by Crippen LogP contribution is -2.25. The average molecular weight is 393 g/mol. The van der Waals surface area contributed by atoms with Gasteiger partial charge in [-0.25, -0.2) is 4.68 Å². The van der Waals surface area contributed by atoms with Gasteiger partial charge in [0.2, 0.25) is 5.91 Å². The van der Waals surface area contributed by atoms with Crippen molar-refractivity contribution in [1.29, 1.82) is 0 Å². The third-order valence-electron chi connectivity index (χ3n) is 5.21. The molecule has 0 saturated carbocycles. The fraction of sp³-hybridized carbons (Fsp3) is 0.273. The molecule has 0 spiro atoms. The molecular weight excluding hydrogens is 370 g/mol. The van der Waals surface area contributed by atoms with Crippen molar-refractivity contribution in [3.05, 3.63) is 59.3 Å². The third-order valence-corrected chi connectivity index (χ3v) is 5.21. The summed E-state index contributed by atoms with van der Waals surface area (Å²) in [4.78, 5) is 12.6. The Morgan fingerprint density at radius 2 is 1.62 bits per heavy atom. The molecule has 0 radical (unpaired) electrons. The van der Waals surface area contributed by atoms with Crippen molar-refractivity contribution in [2.75, 3.05) is 26.6 Å². The second kappa shape index (κ2) is 7.50. The molecule has 1 aliphatic rings. The van der Waals surface area contributed by atoms with Crippen molar-refractivity contribution in [3.63, 3.8) is 0 Å². The number of carbonyl (C=O) groups is 1. The van der Waals surface area contributed by atoms with E-state index in [4.69, 9.17) is 14.2 Å². The smallest absolute Gasteiger partial charge is 0.226 e. The van der Waals surface area contributed by atoms with Gasteiger partial charge < -0.3 is 19.5 Å². The molecule has 1 N–H and O–H groups in total. The topological polar surface area (TPSA) is 74.6 Å². The van der Waals surface area contributed by atoms with E-state index in [0.717, 1.165) is 22.4 Å². The van der Waals surface area contributed by atoms with Crippen molar-refractivity contribution >= 4 is 11.7 Å². The predicted molar refractivity (Wildman–Crippen MR) is 109 cm³/mol. The van der Waals surface area contributed by atoms with Crippen LogP contribution in [0.3, 0.4) is 0 Å². The Hall–Kier alpha value is -3.48. The molecule has 1 aliphatic heterocycles.